The number of aromatic nitrogens is 3. The number of nitrogens with zero attached hydrogens (tertiary/aromatic N) is 3. The van der Waals surface area contributed by atoms with E-state index in [0.29, 0.717) is 49.7 Å². The van der Waals surface area contributed by atoms with Crippen LogP contribution in [0.2, 0.25) is 0 Å². The van der Waals surface area contributed by atoms with Gasteiger partial charge >= 0.3 is 5.97 Å². The average Bonchev–Trinajstić information content (AvgIpc) is 3.34. The molecule has 3 aromatic rings. The minimum absolute atomic E-state index is 0.103. The predicted molar refractivity (Wildman–Crippen MR) is 151 cm³/mol. The number of carbonyl (C=O) groups is 1. The Morgan fingerprint density at radius 2 is 1.95 bits per heavy atom. The van der Waals surface area contributed by atoms with Gasteiger partial charge in [-0.25, -0.2) is 13.9 Å². The Labute approximate surface area is 239 Å². The third-order valence-corrected chi connectivity index (χ3v) is 8.44. The summed E-state index contributed by atoms with van der Waals surface area (Å²) in [6.45, 7) is 1.84. The number of anilines is 1. The second-order valence-corrected chi connectivity index (χ2v) is 11.3. The number of benzene rings is 2. The lowest BCUT2D eigenvalue weighted by molar-refractivity contribution is -0.146. The summed E-state index contributed by atoms with van der Waals surface area (Å²) in [6, 6.07) is 9.72. The average molecular weight is 618 g/mol. The maximum atomic E-state index is 14.2. The van der Waals surface area contributed by atoms with Crippen molar-refractivity contribution in [2.24, 2.45) is 0 Å². The lowest BCUT2D eigenvalue weighted by Gasteiger charge is -2.30. The highest BCUT2D eigenvalue weighted by molar-refractivity contribution is 9.10. The third kappa shape index (κ3) is 5.79. The summed E-state index contributed by atoms with van der Waals surface area (Å²) >= 11 is 4.91. The highest BCUT2D eigenvalue weighted by Gasteiger charge is 2.37. The molecule has 1 fully saturated rings. The zero-order chi connectivity index (χ0) is 27.5. The number of halogens is 2. The van der Waals surface area contributed by atoms with Gasteiger partial charge in [0.1, 0.15) is 18.0 Å². The van der Waals surface area contributed by atoms with Crippen LogP contribution in [0.3, 0.4) is 0 Å². The van der Waals surface area contributed by atoms with Crippen LogP contribution in [0.1, 0.15) is 56.2 Å². The van der Waals surface area contributed by atoms with E-state index in [-0.39, 0.29) is 17.9 Å². The van der Waals surface area contributed by atoms with Gasteiger partial charge in [-0.2, -0.15) is 4.98 Å². The molecule has 0 bridgehead atoms. The Bertz CT molecular complexity index is 1410. The lowest BCUT2D eigenvalue weighted by atomic mass is 9.94. The molecule has 1 unspecified atom stereocenters. The molecule has 11 heteroatoms. The normalized spacial score (nSPS) is 17.4. The molecule has 1 aliphatic carbocycles. The standard InChI is InChI=1S/C28H30BrFN4O4S/c1-16-23(26(35)38-19-10-5-4-6-11-19)24(18-13-20(29)25(37-3)22(14-18)36-2)34-27(31-16)32-28(33-34)39-15-17-9-7-8-12-21(17)30/h7-9,12-14,19,24H,4-6,10-11,15H2,1-3H3,(H,31,32,33). The SMILES string of the molecule is COc1cc(C2C(C(=O)OC3CCCCC3)=C(C)Nc3nc(SCc4ccccc4F)nn32)cc(Br)c1OC. The maximum Gasteiger partial charge on any atom is 0.338 e. The maximum absolute atomic E-state index is 14.2. The monoisotopic (exact) mass is 616 g/mol. The molecule has 2 aromatic carbocycles. The molecule has 206 valence electrons. The first-order valence-electron chi connectivity index (χ1n) is 12.8. The van der Waals surface area contributed by atoms with Crippen molar-refractivity contribution in [2.45, 2.75) is 62.1 Å². The van der Waals surface area contributed by atoms with E-state index in [4.69, 9.17) is 19.3 Å². The van der Waals surface area contributed by atoms with Crippen molar-refractivity contribution in [1.29, 1.82) is 0 Å². The Morgan fingerprint density at radius 1 is 1.18 bits per heavy atom. The number of hydrogen-bond donors (Lipinski definition) is 1. The summed E-state index contributed by atoms with van der Waals surface area (Å²) in [5.74, 6) is 1.24. The van der Waals surface area contributed by atoms with Crippen LogP contribution in [0.5, 0.6) is 11.5 Å². The van der Waals surface area contributed by atoms with Crippen molar-refractivity contribution in [3.63, 3.8) is 0 Å². The first-order chi connectivity index (χ1) is 18.9. The summed E-state index contributed by atoms with van der Waals surface area (Å²) in [5, 5.41) is 8.44. The Hall–Kier alpha value is -3.05. The van der Waals surface area contributed by atoms with E-state index in [9.17, 15) is 9.18 Å². The molecule has 0 radical (unpaired) electrons. The second kappa shape index (κ2) is 12.0. The number of rotatable bonds is 8. The molecule has 1 N–H and O–H groups in total. The number of ether oxygens (including phenoxy) is 3. The van der Waals surface area contributed by atoms with Crippen molar-refractivity contribution >= 4 is 39.6 Å². The fourth-order valence-corrected chi connectivity index (χ4v) is 6.45. The molecule has 2 aliphatic rings. The predicted octanol–water partition coefficient (Wildman–Crippen LogP) is 6.65. The number of methoxy groups -OCH3 is 2. The molecule has 0 saturated heterocycles. The highest BCUT2D eigenvalue weighted by atomic mass is 79.9. The van der Waals surface area contributed by atoms with Crippen LogP contribution in [-0.4, -0.2) is 41.1 Å². The van der Waals surface area contributed by atoms with Crippen molar-refractivity contribution in [3.05, 3.63) is 69.1 Å². The molecule has 5 rings (SSSR count). The number of allylic oxidation sites excluding steroid dienone is 1. The topological polar surface area (TPSA) is 87.5 Å². The van der Waals surface area contributed by atoms with Crippen molar-refractivity contribution in [2.75, 3.05) is 19.5 Å². The van der Waals surface area contributed by atoms with Crippen LogP contribution in [0.4, 0.5) is 10.3 Å². The summed E-state index contributed by atoms with van der Waals surface area (Å²) in [7, 11) is 3.13. The minimum atomic E-state index is -0.635. The first-order valence-corrected chi connectivity index (χ1v) is 14.6. The number of fused-ring (bicyclic) bond motifs is 1. The Kier molecular flexibility index (Phi) is 8.46. The van der Waals surface area contributed by atoms with E-state index >= 15 is 0 Å². The molecular weight excluding hydrogens is 587 g/mol. The van der Waals surface area contributed by atoms with Gasteiger partial charge in [0.25, 0.3) is 0 Å². The summed E-state index contributed by atoms with van der Waals surface area (Å²) < 4.78 is 33.7. The minimum Gasteiger partial charge on any atom is -0.493 e. The molecule has 1 aromatic heterocycles. The molecule has 1 atom stereocenters. The molecule has 2 heterocycles. The smallest absolute Gasteiger partial charge is 0.338 e. The Morgan fingerprint density at radius 3 is 2.67 bits per heavy atom. The van der Waals surface area contributed by atoms with Crippen LogP contribution in [-0.2, 0) is 15.3 Å². The zero-order valence-electron chi connectivity index (χ0n) is 22.0. The van der Waals surface area contributed by atoms with Crippen LogP contribution >= 0.6 is 27.7 Å². The van der Waals surface area contributed by atoms with Crippen molar-refractivity contribution < 1.29 is 23.4 Å². The number of esters is 1. The van der Waals surface area contributed by atoms with Gasteiger partial charge in [-0.15, -0.1) is 5.10 Å². The van der Waals surface area contributed by atoms with Gasteiger partial charge in [0.15, 0.2) is 11.5 Å². The van der Waals surface area contributed by atoms with Gasteiger partial charge in [-0.3, -0.25) is 0 Å². The van der Waals surface area contributed by atoms with Crippen LogP contribution in [0.25, 0.3) is 0 Å². The largest absolute Gasteiger partial charge is 0.493 e. The van der Waals surface area contributed by atoms with Gasteiger partial charge in [0.05, 0.1) is 24.3 Å². The lowest BCUT2D eigenvalue weighted by Crippen LogP contribution is -2.32. The molecule has 1 aliphatic heterocycles. The molecule has 0 amide bonds. The number of thioether (sulfide) groups is 1. The van der Waals surface area contributed by atoms with E-state index in [1.54, 1.807) is 37.1 Å². The number of hydrogen-bond acceptors (Lipinski definition) is 8. The van der Waals surface area contributed by atoms with Crippen LogP contribution in [0.15, 0.2) is 57.3 Å². The molecule has 39 heavy (non-hydrogen) atoms. The summed E-state index contributed by atoms with van der Waals surface area (Å²) in [4.78, 5) is 18.3. The van der Waals surface area contributed by atoms with Crippen molar-refractivity contribution in [3.8, 4) is 11.5 Å². The molecule has 0 spiro atoms. The van der Waals surface area contributed by atoms with Gasteiger partial charge in [0, 0.05) is 11.4 Å². The van der Waals surface area contributed by atoms with E-state index in [1.165, 1.54) is 17.8 Å². The summed E-state index contributed by atoms with van der Waals surface area (Å²) in [5.41, 5.74) is 2.39. The first kappa shape index (κ1) is 27.5. The molecular formula is C28H30BrFN4O4S. The van der Waals surface area contributed by atoms with E-state index in [0.717, 1.165) is 37.7 Å². The fourth-order valence-electron chi connectivity index (χ4n) is 5.02. The van der Waals surface area contributed by atoms with Gasteiger partial charge in [-0.1, -0.05) is 36.4 Å². The zero-order valence-corrected chi connectivity index (χ0v) is 24.4. The number of nitrogens with one attached hydrogen (secondary N) is 1. The van der Waals surface area contributed by atoms with E-state index in [1.807, 2.05) is 19.1 Å². The summed E-state index contributed by atoms with van der Waals surface area (Å²) in [6.07, 6.45) is 4.89. The van der Waals surface area contributed by atoms with Crippen molar-refractivity contribution in [1.82, 2.24) is 14.8 Å². The Balaban J connectivity index is 1.53. The number of carbonyl (C=O) groups excluding carboxylic acids is 1. The van der Waals surface area contributed by atoms with E-state index < -0.39 is 6.04 Å². The fraction of sp³-hybridized carbons (Fsp3) is 0.393. The third-order valence-electron chi connectivity index (χ3n) is 6.97. The van der Waals surface area contributed by atoms with Gasteiger partial charge < -0.3 is 19.5 Å². The van der Waals surface area contributed by atoms with Gasteiger partial charge in [0.2, 0.25) is 11.1 Å². The molecule has 1 saturated carbocycles. The highest BCUT2D eigenvalue weighted by Crippen LogP contribution is 2.43. The van der Waals surface area contributed by atoms with Gasteiger partial charge in [-0.05, 0) is 77.9 Å². The quantitative estimate of drug-likeness (QED) is 0.222. The molecule has 8 nitrogen and oxygen atoms in total. The van der Waals surface area contributed by atoms with Crippen LogP contribution < -0.4 is 14.8 Å². The van der Waals surface area contributed by atoms with Crippen LogP contribution in [0, 0.1) is 5.82 Å². The second-order valence-electron chi connectivity index (χ2n) is 9.51. The van der Waals surface area contributed by atoms with E-state index in [2.05, 4.69) is 26.2 Å².